The van der Waals surface area contributed by atoms with E-state index in [-0.39, 0.29) is 17.7 Å². The lowest BCUT2D eigenvalue weighted by molar-refractivity contribution is -0.400. The van der Waals surface area contributed by atoms with E-state index < -0.39 is 30.3 Å². The van der Waals surface area contributed by atoms with E-state index in [2.05, 4.69) is 32.1 Å². The Morgan fingerprint density at radius 3 is 2.06 bits per heavy atom. The first-order valence-corrected chi connectivity index (χ1v) is 10.8. The van der Waals surface area contributed by atoms with Gasteiger partial charge in [0.25, 0.3) is 5.60 Å². The topological polar surface area (TPSA) is 36.9 Å². The van der Waals surface area contributed by atoms with Gasteiger partial charge in [0, 0.05) is 23.4 Å². The molecule has 0 aliphatic rings. The molecule has 2 aromatic rings. The lowest BCUT2D eigenvalue weighted by Gasteiger charge is -2.37. The van der Waals surface area contributed by atoms with Crippen LogP contribution >= 0.6 is 22.6 Å². The molecule has 4 nitrogen and oxygen atoms in total. The highest BCUT2D eigenvalue weighted by molar-refractivity contribution is 14.1. The second-order valence-corrected chi connectivity index (χ2v) is 8.25. The maximum Gasteiger partial charge on any atom is 0.430 e. The van der Waals surface area contributed by atoms with Gasteiger partial charge in [0.2, 0.25) is 0 Å². The van der Waals surface area contributed by atoms with E-state index in [1.807, 2.05) is 0 Å². The average Bonchev–Trinajstić information content (AvgIpc) is 2.71. The van der Waals surface area contributed by atoms with E-state index in [1.54, 1.807) is 25.1 Å². The number of rotatable bonds is 10. The Balaban J connectivity index is 2.59. The molecule has 0 spiro atoms. The summed E-state index contributed by atoms with van der Waals surface area (Å²) in [5, 5.41) is 0. The molecule has 2 rings (SSSR count). The molecule has 0 unspecified atom stereocenters. The van der Waals surface area contributed by atoms with Gasteiger partial charge in [-0.15, -0.1) is 0 Å². The van der Waals surface area contributed by atoms with E-state index in [9.17, 15) is 26.3 Å². The molecular weight excluding hydrogens is 569 g/mol. The summed E-state index contributed by atoms with van der Waals surface area (Å²) >= 11 is 2.12. The molecule has 0 aliphatic carbocycles. The lowest BCUT2D eigenvalue weighted by Crippen LogP contribution is -2.56. The summed E-state index contributed by atoms with van der Waals surface area (Å²) in [6, 6.07) is 7.77. The molecule has 0 heterocycles. The van der Waals surface area contributed by atoms with Gasteiger partial charge in [0.1, 0.15) is 18.3 Å². The molecule has 184 valence electrons. The van der Waals surface area contributed by atoms with Crippen molar-refractivity contribution in [2.24, 2.45) is 0 Å². The number of alkyl halides is 6. The molecule has 0 saturated heterocycles. The Hall–Kier alpha value is -1.57. The van der Waals surface area contributed by atoms with Crippen LogP contribution in [-0.4, -0.2) is 33.4 Å². The molecule has 0 amide bonds. The number of halogens is 7. The van der Waals surface area contributed by atoms with Crippen LogP contribution in [0.25, 0.3) is 0 Å². The van der Waals surface area contributed by atoms with Crippen molar-refractivity contribution in [3.63, 3.8) is 0 Å². The molecule has 33 heavy (non-hydrogen) atoms. The van der Waals surface area contributed by atoms with Crippen molar-refractivity contribution in [3.05, 3.63) is 56.7 Å². The Morgan fingerprint density at radius 2 is 1.52 bits per heavy atom. The molecule has 0 fully saturated rings. The molecule has 0 aliphatic heterocycles. The Bertz CT molecular complexity index is 916. The first-order chi connectivity index (χ1) is 15.4. The van der Waals surface area contributed by atoms with Gasteiger partial charge in [-0.05, 0) is 70.5 Å². The van der Waals surface area contributed by atoms with Crippen molar-refractivity contribution < 1.29 is 45.3 Å². The lowest BCUT2D eigenvalue weighted by atomic mass is 9.89. The number of benzene rings is 2. The van der Waals surface area contributed by atoms with Crippen LogP contribution in [0.1, 0.15) is 30.0 Å². The van der Waals surface area contributed by atoms with Crippen LogP contribution in [0, 0.1) is 3.57 Å². The van der Waals surface area contributed by atoms with Crippen molar-refractivity contribution in [2.75, 3.05) is 21.0 Å². The summed E-state index contributed by atoms with van der Waals surface area (Å²) < 4.78 is 104. The van der Waals surface area contributed by atoms with Crippen molar-refractivity contribution in [1.82, 2.24) is 0 Å². The van der Waals surface area contributed by atoms with Gasteiger partial charge in [-0.2, -0.15) is 26.3 Å². The molecule has 0 radical (unpaired) electrons. The largest absolute Gasteiger partial charge is 0.457 e. The molecule has 0 saturated carbocycles. The van der Waals surface area contributed by atoms with Crippen molar-refractivity contribution in [1.29, 1.82) is 0 Å². The molecule has 0 N–H and O–H groups in total. The molecule has 11 heteroatoms. The van der Waals surface area contributed by atoms with Crippen LogP contribution in [0.5, 0.6) is 11.5 Å². The maximum absolute atomic E-state index is 13.9. The molecule has 0 aromatic heterocycles. The fourth-order valence-electron chi connectivity index (χ4n) is 3.25. The van der Waals surface area contributed by atoms with Gasteiger partial charge < -0.3 is 18.9 Å². The Morgan fingerprint density at radius 1 is 0.848 bits per heavy atom. The van der Waals surface area contributed by atoms with E-state index >= 15 is 0 Å². The van der Waals surface area contributed by atoms with Crippen molar-refractivity contribution in [3.8, 4) is 11.5 Å². The Labute approximate surface area is 201 Å². The van der Waals surface area contributed by atoms with E-state index in [0.29, 0.717) is 24.8 Å². The third kappa shape index (κ3) is 6.11. The minimum Gasteiger partial charge on any atom is -0.457 e. The fraction of sp³-hybridized carbons (Fsp3) is 0.455. The van der Waals surface area contributed by atoms with Gasteiger partial charge in [-0.1, -0.05) is 19.4 Å². The van der Waals surface area contributed by atoms with Crippen molar-refractivity contribution >= 4 is 22.6 Å². The molecule has 0 atom stereocenters. The quantitative estimate of drug-likeness (QED) is 0.167. The summed E-state index contributed by atoms with van der Waals surface area (Å²) in [5.74, 6) is 0.524. The number of ether oxygens (including phenoxy) is 4. The average molecular weight is 592 g/mol. The van der Waals surface area contributed by atoms with Gasteiger partial charge in [-0.25, -0.2) is 0 Å². The number of hydrogen-bond acceptors (Lipinski definition) is 4. The minimum absolute atomic E-state index is 0.148. The number of hydrogen-bond donors (Lipinski definition) is 0. The SMILES string of the molecule is CCCc1cc(C(OCOC)(C(F)(F)F)C(F)(F)F)ccc1Oc1ccc(I)c(COC)c1. The predicted molar refractivity (Wildman–Crippen MR) is 117 cm³/mol. The monoisotopic (exact) mass is 592 g/mol. The first kappa shape index (κ1) is 27.7. The van der Waals surface area contributed by atoms with Crippen LogP contribution in [0.3, 0.4) is 0 Å². The van der Waals surface area contributed by atoms with Gasteiger partial charge in [0.05, 0.1) is 6.61 Å². The number of methoxy groups -OCH3 is 2. The van der Waals surface area contributed by atoms with Crippen LogP contribution in [0.2, 0.25) is 0 Å². The summed E-state index contributed by atoms with van der Waals surface area (Å²) in [6.45, 7) is 0.859. The standard InChI is InChI=1S/C22H23F6IO4/c1-4-5-14-10-16(20(21(23,24)25,22(26,27)28)32-13-31-3)6-9-19(14)33-17-7-8-18(29)15(11-17)12-30-2/h6-11H,4-5,12-13H2,1-3H3. The highest BCUT2D eigenvalue weighted by atomic mass is 127. The second kappa shape index (κ2) is 11.2. The molecule has 2 aromatic carbocycles. The summed E-state index contributed by atoms with van der Waals surface area (Å²) in [5.41, 5.74) is -4.64. The summed E-state index contributed by atoms with van der Waals surface area (Å²) in [6.07, 6.45) is -10.9. The minimum atomic E-state index is -5.79. The molecular formula is C22H23F6IO4. The van der Waals surface area contributed by atoms with Crippen molar-refractivity contribution in [2.45, 2.75) is 44.3 Å². The Kier molecular flexibility index (Phi) is 9.42. The zero-order valence-corrected chi connectivity index (χ0v) is 20.2. The summed E-state index contributed by atoms with van der Waals surface area (Å²) in [4.78, 5) is 0. The third-order valence-electron chi connectivity index (χ3n) is 4.72. The van der Waals surface area contributed by atoms with E-state index in [1.165, 1.54) is 7.11 Å². The third-order valence-corrected chi connectivity index (χ3v) is 5.78. The van der Waals surface area contributed by atoms with Crippen LogP contribution in [-0.2, 0) is 32.8 Å². The highest BCUT2D eigenvalue weighted by Crippen LogP contribution is 2.53. The second-order valence-electron chi connectivity index (χ2n) is 7.09. The summed E-state index contributed by atoms with van der Waals surface area (Å²) in [7, 11) is 2.47. The van der Waals surface area contributed by atoms with Crippen LogP contribution in [0.15, 0.2) is 36.4 Å². The number of aryl methyl sites for hydroxylation is 1. The first-order valence-electron chi connectivity index (χ1n) is 9.76. The maximum atomic E-state index is 13.9. The predicted octanol–water partition coefficient (Wildman–Crippen LogP) is 7.12. The fourth-order valence-corrected chi connectivity index (χ4v) is 3.74. The normalized spacial score (nSPS) is 12.8. The van der Waals surface area contributed by atoms with Gasteiger partial charge >= 0.3 is 12.4 Å². The van der Waals surface area contributed by atoms with Crippen LogP contribution in [0.4, 0.5) is 26.3 Å². The zero-order valence-electron chi connectivity index (χ0n) is 18.1. The van der Waals surface area contributed by atoms with Gasteiger partial charge in [0.15, 0.2) is 0 Å². The van der Waals surface area contributed by atoms with E-state index in [0.717, 1.165) is 28.4 Å². The molecule has 0 bridgehead atoms. The zero-order chi connectivity index (χ0) is 24.9. The highest BCUT2D eigenvalue weighted by Gasteiger charge is 2.73. The van der Waals surface area contributed by atoms with E-state index in [4.69, 9.17) is 9.47 Å². The smallest absolute Gasteiger partial charge is 0.430 e. The van der Waals surface area contributed by atoms with Gasteiger partial charge in [-0.3, -0.25) is 0 Å². The van der Waals surface area contributed by atoms with Crippen LogP contribution < -0.4 is 4.74 Å².